The van der Waals surface area contributed by atoms with Gasteiger partial charge in [0.25, 0.3) is 0 Å². The van der Waals surface area contributed by atoms with Gasteiger partial charge in [0.2, 0.25) is 0 Å². The first-order chi connectivity index (χ1) is 7.06. The van der Waals surface area contributed by atoms with Gasteiger partial charge in [0.1, 0.15) is 0 Å². The molecular formula is C10H10NO3P. The maximum atomic E-state index is 10.8. The van der Waals surface area contributed by atoms with Gasteiger partial charge in [-0.05, 0) is 11.5 Å². The zero-order valence-electron chi connectivity index (χ0n) is 7.79. The van der Waals surface area contributed by atoms with Crippen LogP contribution in [0.4, 0.5) is 5.69 Å². The van der Waals surface area contributed by atoms with E-state index in [1.807, 2.05) is 30.3 Å². The van der Waals surface area contributed by atoms with Crippen molar-refractivity contribution in [3.63, 3.8) is 0 Å². The highest BCUT2D eigenvalue weighted by molar-refractivity contribution is 7.53. The highest BCUT2D eigenvalue weighted by Gasteiger charge is 2.13. The molecule has 0 spiro atoms. The lowest BCUT2D eigenvalue weighted by molar-refractivity contribution is 0.380. The Morgan fingerprint density at radius 1 is 1.00 bits per heavy atom. The molecule has 0 fully saturated rings. The van der Waals surface area contributed by atoms with Crippen LogP contribution in [0.25, 0.3) is 10.8 Å². The summed E-state index contributed by atoms with van der Waals surface area (Å²) >= 11 is 0. The Balaban J connectivity index is 2.56. The maximum absolute atomic E-state index is 10.8. The monoisotopic (exact) mass is 223 g/mol. The molecule has 2 aromatic rings. The Bertz CT molecular complexity index is 530. The summed E-state index contributed by atoms with van der Waals surface area (Å²) in [5.74, 6) is 0. The summed E-state index contributed by atoms with van der Waals surface area (Å²) in [7, 11) is -4.24. The molecule has 0 aliphatic carbocycles. The SMILES string of the molecule is O=P(O)(O)Nc1cccc2ccccc12. The first kappa shape index (κ1) is 10.2. The lowest BCUT2D eigenvalue weighted by Gasteiger charge is -2.10. The fraction of sp³-hybridized carbons (Fsp3) is 0. The van der Waals surface area contributed by atoms with E-state index in [0.29, 0.717) is 5.69 Å². The van der Waals surface area contributed by atoms with E-state index in [0.717, 1.165) is 10.8 Å². The van der Waals surface area contributed by atoms with Gasteiger partial charge >= 0.3 is 7.75 Å². The van der Waals surface area contributed by atoms with Crippen molar-refractivity contribution in [1.82, 2.24) is 0 Å². The third-order valence-electron chi connectivity index (χ3n) is 2.06. The summed E-state index contributed by atoms with van der Waals surface area (Å²) in [5.41, 5.74) is 0.446. The second kappa shape index (κ2) is 3.66. The van der Waals surface area contributed by atoms with E-state index in [4.69, 9.17) is 9.79 Å². The molecule has 0 amide bonds. The molecular weight excluding hydrogens is 213 g/mol. The molecule has 0 heterocycles. The molecule has 2 rings (SSSR count). The van der Waals surface area contributed by atoms with Crippen LogP contribution in [0.1, 0.15) is 0 Å². The molecule has 0 unspecified atom stereocenters. The summed E-state index contributed by atoms with van der Waals surface area (Å²) in [5, 5.41) is 3.93. The maximum Gasteiger partial charge on any atom is 0.427 e. The third-order valence-corrected chi connectivity index (χ3v) is 2.59. The van der Waals surface area contributed by atoms with E-state index in [1.165, 1.54) is 0 Å². The molecule has 15 heavy (non-hydrogen) atoms. The Morgan fingerprint density at radius 2 is 1.67 bits per heavy atom. The number of anilines is 1. The zero-order chi connectivity index (χ0) is 10.9. The number of rotatable bonds is 2. The lowest BCUT2D eigenvalue weighted by atomic mass is 10.1. The van der Waals surface area contributed by atoms with Gasteiger partial charge in [0, 0.05) is 5.39 Å². The van der Waals surface area contributed by atoms with Gasteiger partial charge in [-0.25, -0.2) is 4.57 Å². The van der Waals surface area contributed by atoms with Crippen LogP contribution in [-0.4, -0.2) is 9.79 Å². The summed E-state index contributed by atoms with van der Waals surface area (Å²) in [6.45, 7) is 0. The minimum atomic E-state index is -4.24. The number of nitrogens with one attached hydrogen (secondary N) is 1. The molecule has 0 aromatic heterocycles. The van der Waals surface area contributed by atoms with E-state index in [-0.39, 0.29) is 0 Å². The third kappa shape index (κ3) is 2.36. The number of hydrogen-bond donors (Lipinski definition) is 3. The average Bonchev–Trinajstić information content (AvgIpc) is 2.16. The summed E-state index contributed by atoms with van der Waals surface area (Å²) in [6, 6.07) is 12.7. The lowest BCUT2D eigenvalue weighted by Crippen LogP contribution is -1.94. The highest BCUT2D eigenvalue weighted by atomic mass is 31.2. The Hall–Kier alpha value is -1.35. The van der Waals surface area contributed by atoms with Crippen molar-refractivity contribution in [2.24, 2.45) is 0 Å². The van der Waals surface area contributed by atoms with Gasteiger partial charge in [-0.2, -0.15) is 0 Å². The quantitative estimate of drug-likeness (QED) is 0.683. The molecule has 2 aromatic carbocycles. The minimum Gasteiger partial charge on any atom is -0.308 e. The molecule has 0 aliphatic heterocycles. The average molecular weight is 223 g/mol. The van der Waals surface area contributed by atoms with E-state index < -0.39 is 7.75 Å². The van der Waals surface area contributed by atoms with Gasteiger partial charge < -0.3 is 9.79 Å². The molecule has 4 nitrogen and oxygen atoms in total. The van der Waals surface area contributed by atoms with E-state index >= 15 is 0 Å². The summed E-state index contributed by atoms with van der Waals surface area (Å²) < 4.78 is 10.8. The molecule has 78 valence electrons. The number of benzene rings is 2. The Labute approximate surface area is 86.8 Å². The summed E-state index contributed by atoms with van der Waals surface area (Å²) in [4.78, 5) is 17.7. The van der Waals surface area contributed by atoms with Crippen LogP contribution in [0.3, 0.4) is 0 Å². The van der Waals surface area contributed by atoms with E-state index in [9.17, 15) is 4.57 Å². The Morgan fingerprint density at radius 3 is 2.40 bits per heavy atom. The van der Waals surface area contributed by atoms with Crippen LogP contribution in [-0.2, 0) is 4.57 Å². The van der Waals surface area contributed by atoms with Crippen LogP contribution >= 0.6 is 7.75 Å². The second-order valence-corrected chi connectivity index (χ2v) is 4.49. The largest absolute Gasteiger partial charge is 0.427 e. The fourth-order valence-corrected chi connectivity index (χ4v) is 1.99. The van der Waals surface area contributed by atoms with E-state index in [1.54, 1.807) is 12.1 Å². The zero-order valence-corrected chi connectivity index (χ0v) is 8.69. The fourth-order valence-electron chi connectivity index (χ4n) is 1.48. The van der Waals surface area contributed by atoms with Crippen molar-refractivity contribution < 1.29 is 14.4 Å². The number of fused-ring (bicyclic) bond motifs is 1. The van der Waals surface area contributed by atoms with Crippen molar-refractivity contribution in [2.75, 3.05) is 5.09 Å². The van der Waals surface area contributed by atoms with Gasteiger partial charge in [-0.15, -0.1) is 0 Å². The van der Waals surface area contributed by atoms with Crippen molar-refractivity contribution in [2.45, 2.75) is 0 Å². The van der Waals surface area contributed by atoms with Crippen molar-refractivity contribution in [3.05, 3.63) is 42.5 Å². The van der Waals surface area contributed by atoms with Crippen LogP contribution in [0.15, 0.2) is 42.5 Å². The molecule has 0 saturated heterocycles. The van der Waals surface area contributed by atoms with Crippen LogP contribution in [0.2, 0.25) is 0 Å². The normalized spacial score (nSPS) is 11.6. The standard InChI is InChI=1S/C10H10NO3P/c12-15(13,14)11-10-7-3-5-8-4-1-2-6-9(8)10/h1-7H,(H3,11,12,13,14). The Kier molecular flexibility index (Phi) is 2.49. The molecule has 0 saturated carbocycles. The molecule has 0 aliphatic rings. The first-order valence-electron chi connectivity index (χ1n) is 4.38. The topological polar surface area (TPSA) is 69.6 Å². The molecule has 0 radical (unpaired) electrons. The smallest absolute Gasteiger partial charge is 0.308 e. The van der Waals surface area contributed by atoms with Crippen LogP contribution < -0.4 is 5.09 Å². The van der Waals surface area contributed by atoms with Gasteiger partial charge in [-0.1, -0.05) is 36.4 Å². The van der Waals surface area contributed by atoms with Gasteiger partial charge in [0.05, 0.1) is 5.69 Å². The van der Waals surface area contributed by atoms with Crippen LogP contribution in [0.5, 0.6) is 0 Å². The molecule has 0 bridgehead atoms. The minimum absolute atomic E-state index is 0.446. The van der Waals surface area contributed by atoms with Crippen molar-refractivity contribution >= 4 is 24.2 Å². The predicted molar refractivity (Wildman–Crippen MR) is 59.6 cm³/mol. The highest BCUT2D eigenvalue weighted by Crippen LogP contribution is 2.37. The van der Waals surface area contributed by atoms with E-state index in [2.05, 4.69) is 5.09 Å². The van der Waals surface area contributed by atoms with Gasteiger partial charge in [0.15, 0.2) is 0 Å². The summed E-state index contributed by atoms with van der Waals surface area (Å²) in [6.07, 6.45) is 0. The van der Waals surface area contributed by atoms with Crippen molar-refractivity contribution in [3.8, 4) is 0 Å². The second-order valence-electron chi connectivity index (χ2n) is 3.18. The molecule has 3 N–H and O–H groups in total. The number of hydrogen-bond acceptors (Lipinski definition) is 1. The van der Waals surface area contributed by atoms with Crippen LogP contribution in [0, 0.1) is 0 Å². The van der Waals surface area contributed by atoms with Crippen molar-refractivity contribution in [1.29, 1.82) is 0 Å². The molecule has 5 heteroatoms. The van der Waals surface area contributed by atoms with Gasteiger partial charge in [-0.3, -0.25) is 5.09 Å². The predicted octanol–water partition coefficient (Wildman–Crippen LogP) is 2.34. The molecule has 0 atom stereocenters. The first-order valence-corrected chi connectivity index (χ1v) is 5.99.